The van der Waals surface area contributed by atoms with Crippen LogP contribution in [0.15, 0.2) is 47.6 Å². The summed E-state index contributed by atoms with van der Waals surface area (Å²) in [6.07, 6.45) is 7.71. The Morgan fingerprint density at radius 1 is 0.757 bits per heavy atom. The molecule has 0 unspecified atom stereocenters. The Hall–Kier alpha value is -0.594. The van der Waals surface area contributed by atoms with Gasteiger partial charge in [0.05, 0.1) is 0 Å². The minimum absolute atomic E-state index is 0. The standard InChI is InChI=1S/C23H42NP2.C9H12N.Co/c1-20(2,3)25(21(4,5)6)16-18-14-13-15-19(24-18)17-26(22(7,8)9)23(10,11)12;1-6-4-7(2)9(10)8(3)5-6;/h13-16H,17H2,1-12H3;4-5,10H,1-3H3;/q2*-1;+2/b18-16-;;. The summed E-state index contributed by atoms with van der Waals surface area (Å²) in [5.41, 5.74) is 14.0. The average molecular weight is 588 g/mol. The molecule has 0 saturated heterocycles. The zero-order valence-electron chi connectivity index (χ0n) is 26.3. The smallest absolute Gasteiger partial charge is 0.698 e. The average Bonchev–Trinajstić information content (AvgIpc) is 2.66. The molecule has 1 aliphatic heterocycles. The summed E-state index contributed by atoms with van der Waals surface area (Å²) in [6.45, 7) is 34.5. The first-order valence-electron chi connectivity index (χ1n) is 13.2. The van der Waals surface area contributed by atoms with Crippen LogP contribution in [-0.2, 0) is 16.8 Å². The SMILES string of the molecule is CC(C)(C)P(/C=C1/C=CC=C(CP(C(C)(C)C)C(C)(C)C)[N-]1)C(C)(C)C.Cc1cc(C)c([NH-])c(C)c1.[Co+2]. The van der Waals surface area contributed by atoms with Gasteiger partial charge in [-0.05, 0) is 47.6 Å². The van der Waals surface area contributed by atoms with Crippen molar-refractivity contribution in [3.05, 3.63) is 75.3 Å². The second-order valence-corrected chi connectivity index (χ2v) is 21.6. The van der Waals surface area contributed by atoms with Gasteiger partial charge in [0.1, 0.15) is 0 Å². The van der Waals surface area contributed by atoms with Gasteiger partial charge in [0.25, 0.3) is 0 Å². The van der Waals surface area contributed by atoms with E-state index in [9.17, 15) is 0 Å². The molecule has 1 heterocycles. The maximum atomic E-state index is 7.54. The van der Waals surface area contributed by atoms with Crippen LogP contribution in [0.3, 0.4) is 0 Å². The van der Waals surface area contributed by atoms with Crippen molar-refractivity contribution in [3.8, 4) is 0 Å². The van der Waals surface area contributed by atoms with Crippen molar-refractivity contribution in [1.29, 1.82) is 0 Å². The van der Waals surface area contributed by atoms with E-state index in [0.29, 0.717) is 16.0 Å². The number of nitrogens with zero attached hydrogens (tertiary/aromatic N) is 1. The molecule has 1 aromatic carbocycles. The zero-order valence-corrected chi connectivity index (χ0v) is 29.2. The molecular weight excluding hydrogens is 533 g/mol. The monoisotopic (exact) mass is 587 g/mol. The van der Waals surface area contributed by atoms with E-state index in [-0.39, 0.29) is 42.9 Å². The maximum Gasteiger partial charge on any atom is 2.00 e. The third kappa shape index (κ3) is 12.0. The van der Waals surface area contributed by atoms with Crippen LogP contribution in [0.5, 0.6) is 0 Å². The predicted molar refractivity (Wildman–Crippen MR) is 171 cm³/mol. The summed E-state index contributed by atoms with van der Waals surface area (Å²) < 4.78 is 0. The summed E-state index contributed by atoms with van der Waals surface area (Å²) in [5.74, 6) is 2.47. The van der Waals surface area contributed by atoms with Crippen LogP contribution < -0.4 is 0 Å². The first-order chi connectivity index (χ1) is 16.0. The normalized spacial score (nSPS) is 15.7. The zero-order chi connectivity index (χ0) is 28.3. The van der Waals surface area contributed by atoms with Gasteiger partial charge in [-0.25, -0.2) is 0 Å². The molecule has 0 fully saturated rings. The second kappa shape index (κ2) is 13.7. The molecule has 1 aromatic rings. The van der Waals surface area contributed by atoms with Crippen molar-refractivity contribution >= 4 is 21.5 Å². The van der Waals surface area contributed by atoms with Crippen molar-refractivity contribution in [1.82, 2.24) is 0 Å². The number of aryl methyl sites for hydroxylation is 3. The van der Waals surface area contributed by atoms with Crippen molar-refractivity contribution in [2.75, 3.05) is 6.16 Å². The molecule has 1 radical (unpaired) electrons. The number of allylic oxidation sites excluding steroid dienone is 4. The van der Waals surface area contributed by atoms with E-state index < -0.39 is 0 Å². The van der Waals surface area contributed by atoms with E-state index in [1.807, 2.05) is 26.0 Å². The molecule has 0 aliphatic carbocycles. The molecule has 1 N–H and O–H groups in total. The van der Waals surface area contributed by atoms with Crippen LogP contribution in [0.25, 0.3) is 11.1 Å². The number of rotatable bonds is 3. The molecule has 0 bridgehead atoms. The second-order valence-electron chi connectivity index (χ2n) is 14.1. The summed E-state index contributed by atoms with van der Waals surface area (Å²) in [7, 11) is -0.447. The minimum Gasteiger partial charge on any atom is -0.698 e. The van der Waals surface area contributed by atoms with Gasteiger partial charge in [-0.3, -0.25) is 0 Å². The first-order valence-corrected chi connectivity index (χ1v) is 16.1. The van der Waals surface area contributed by atoms with Crippen LogP contribution in [0.1, 0.15) is 99.8 Å². The van der Waals surface area contributed by atoms with Crippen molar-refractivity contribution in [2.24, 2.45) is 0 Å². The molecule has 2 rings (SSSR count). The topological polar surface area (TPSA) is 37.9 Å². The minimum atomic E-state index is -0.279. The summed E-state index contributed by atoms with van der Waals surface area (Å²) in [6, 6.07) is 4.07. The quantitative estimate of drug-likeness (QED) is 0.316. The molecule has 2 nitrogen and oxygen atoms in total. The summed E-state index contributed by atoms with van der Waals surface area (Å²) in [4.78, 5) is 0. The Morgan fingerprint density at radius 2 is 1.19 bits per heavy atom. The molecule has 1 aliphatic rings. The van der Waals surface area contributed by atoms with E-state index in [2.05, 4.69) is 114 Å². The van der Waals surface area contributed by atoms with E-state index in [1.54, 1.807) is 0 Å². The van der Waals surface area contributed by atoms with Crippen LogP contribution in [0.4, 0.5) is 5.69 Å². The summed E-state index contributed by atoms with van der Waals surface area (Å²) in [5, 5.41) is 6.32. The first kappa shape index (κ1) is 36.4. The Kier molecular flexibility index (Phi) is 13.4. The molecule has 0 aromatic heterocycles. The fourth-order valence-electron chi connectivity index (χ4n) is 5.01. The van der Waals surface area contributed by atoms with Gasteiger partial charge in [0.15, 0.2) is 0 Å². The van der Waals surface area contributed by atoms with Crippen LogP contribution in [-0.4, -0.2) is 26.8 Å². The van der Waals surface area contributed by atoms with Gasteiger partial charge < -0.3 is 11.1 Å². The fourth-order valence-corrected chi connectivity index (χ4v) is 11.7. The van der Waals surface area contributed by atoms with Gasteiger partial charge in [0, 0.05) is 0 Å². The number of nitrogens with one attached hydrogen (secondary N) is 1. The number of benzene rings is 1. The third-order valence-corrected chi connectivity index (χ3v) is 13.4. The van der Waals surface area contributed by atoms with Gasteiger partial charge >= 0.3 is 16.8 Å². The predicted octanol–water partition coefficient (Wildman–Crippen LogP) is 12.1. The van der Waals surface area contributed by atoms with E-state index in [0.717, 1.165) is 23.0 Å². The number of hydrogen-bond donors (Lipinski definition) is 0. The number of hydrogen-bond acceptors (Lipinski definition) is 0. The molecule has 5 heteroatoms. The largest absolute Gasteiger partial charge is 2.00 e. The van der Waals surface area contributed by atoms with Gasteiger partial charge in [-0.1, -0.05) is 152 Å². The van der Waals surface area contributed by atoms with E-state index >= 15 is 0 Å². The van der Waals surface area contributed by atoms with Crippen molar-refractivity contribution in [2.45, 2.75) is 124 Å². The van der Waals surface area contributed by atoms with Crippen LogP contribution in [0, 0.1) is 20.8 Å². The van der Waals surface area contributed by atoms with E-state index in [4.69, 9.17) is 11.1 Å². The van der Waals surface area contributed by atoms with Gasteiger partial charge in [0.2, 0.25) is 0 Å². The van der Waals surface area contributed by atoms with Crippen LogP contribution in [0.2, 0.25) is 0 Å². The molecular formula is C32H54CoN2P2. The molecule has 37 heavy (non-hydrogen) atoms. The summed E-state index contributed by atoms with van der Waals surface area (Å²) >= 11 is 0. The van der Waals surface area contributed by atoms with Gasteiger partial charge in [-0.15, -0.1) is 11.4 Å². The Labute approximate surface area is 243 Å². The Balaban J connectivity index is 0.000000984. The third-order valence-electron chi connectivity index (χ3n) is 6.15. The molecule has 0 amide bonds. The molecule has 211 valence electrons. The molecule has 0 saturated carbocycles. The molecule has 0 spiro atoms. The van der Waals surface area contributed by atoms with Gasteiger partial charge in [-0.2, -0.15) is 5.70 Å². The fraction of sp³-hybridized carbons (Fsp3) is 0.625. The van der Waals surface area contributed by atoms with Crippen molar-refractivity contribution in [3.63, 3.8) is 0 Å². The molecule has 0 atom stereocenters. The Morgan fingerprint density at radius 3 is 1.57 bits per heavy atom. The van der Waals surface area contributed by atoms with Crippen LogP contribution >= 0.6 is 15.8 Å². The Bertz CT molecular complexity index is 927. The van der Waals surface area contributed by atoms with Crippen molar-refractivity contribution < 1.29 is 16.8 Å². The maximum absolute atomic E-state index is 7.54. The van der Waals surface area contributed by atoms with E-state index in [1.165, 1.54) is 11.3 Å².